The van der Waals surface area contributed by atoms with E-state index in [1.165, 1.54) is 38.0 Å². The Balaban J connectivity index is 1.81. The fraction of sp³-hybridized carbons (Fsp3) is 0.294. The van der Waals surface area contributed by atoms with Crippen LogP contribution in [0.25, 0.3) is 0 Å². The zero-order valence-corrected chi connectivity index (χ0v) is 27.8. The van der Waals surface area contributed by atoms with Crippen LogP contribution in [0.3, 0.4) is 0 Å². The van der Waals surface area contributed by atoms with E-state index < -0.39 is 11.9 Å². The van der Waals surface area contributed by atoms with Crippen LogP contribution in [0.4, 0.5) is 5.69 Å². The first-order valence-electron chi connectivity index (χ1n) is 14.3. The summed E-state index contributed by atoms with van der Waals surface area (Å²) in [6.45, 7) is 3.86. The van der Waals surface area contributed by atoms with Crippen molar-refractivity contribution in [1.82, 2.24) is 14.9 Å². The van der Waals surface area contributed by atoms with Gasteiger partial charge < -0.3 is 33.9 Å². The van der Waals surface area contributed by atoms with E-state index in [0.717, 1.165) is 17.0 Å². The van der Waals surface area contributed by atoms with E-state index in [-0.39, 0.29) is 18.2 Å². The summed E-state index contributed by atoms with van der Waals surface area (Å²) in [5.41, 5.74) is 3.36. The highest BCUT2D eigenvalue weighted by atomic mass is 32.2. The molecule has 11 nitrogen and oxygen atoms in total. The molecule has 1 N–H and O–H groups in total. The first-order valence-corrected chi connectivity index (χ1v) is 15.3. The van der Waals surface area contributed by atoms with Crippen LogP contribution in [0.2, 0.25) is 0 Å². The number of ether oxygens (including phenoxy) is 5. The second-order valence-electron chi connectivity index (χ2n) is 10.2. The monoisotopic (exact) mass is 646 g/mol. The Kier molecular flexibility index (Phi) is 11.7. The lowest BCUT2D eigenvalue weighted by molar-refractivity contribution is -0.137. The molecule has 1 unspecified atom stereocenters. The number of benzene rings is 3. The lowest BCUT2D eigenvalue weighted by Crippen LogP contribution is -2.42. The van der Waals surface area contributed by atoms with E-state index in [4.69, 9.17) is 23.7 Å². The molecule has 0 saturated heterocycles. The Morgan fingerprint density at radius 3 is 1.80 bits per heavy atom. The Morgan fingerprint density at radius 2 is 1.30 bits per heavy atom. The van der Waals surface area contributed by atoms with Gasteiger partial charge in [0.1, 0.15) is 17.5 Å². The average molecular weight is 647 g/mol. The number of rotatable bonds is 14. The number of methoxy groups -OCH3 is 5. The van der Waals surface area contributed by atoms with Crippen LogP contribution >= 0.6 is 11.8 Å². The molecule has 12 heteroatoms. The van der Waals surface area contributed by atoms with Crippen LogP contribution < -0.4 is 29.0 Å². The third kappa shape index (κ3) is 8.39. The normalized spacial score (nSPS) is 11.3. The van der Waals surface area contributed by atoms with E-state index >= 15 is 0 Å². The van der Waals surface area contributed by atoms with Crippen LogP contribution in [0.5, 0.6) is 28.7 Å². The van der Waals surface area contributed by atoms with Crippen LogP contribution in [0.15, 0.2) is 71.9 Å². The zero-order valence-electron chi connectivity index (χ0n) is 27.0. The van der Waals surface area contributed by atoms with E-state index in [0.29, 0.717) is 45.2 Å². The summed E-state index contributed by atoms with van der Waals surface area (Å²) in [7, 11) is 7.64. The summed E-state index contributed by atoms with van der Waals surface area (Å²) >= 11 is 1.21. The molecule has 0 radical (unpaired) electrons. The predicted molar refractivity (Wildman–Crippen MR) is 176 cm³/mol. The summed E-state index contributed by atoms with van der Waals surface area (Å²) in [6.07, 6.45) is 0. The van der Waals surface area contributed by atoms with Crippen molar-refractivity contribution in [2.45, 2.75) is 31.6 Å². The van der Waals surface area contributed by atoms with E-state index in [9.17, 15) is 9.59 Å². The standard InChI is InChI=1S/C34H38N4O7S/c1-21-16-22(2)36-34(35-21)46-20-30(39)38(19-23-8-12-26(41-3)13-9-23)31(33(40)37-25-10-14-27(42-4)15-11-25)24-17-28(43-5)32(45-7)29(18-24)44-6/h8-18,31H,19-20H2,1-7H3,(H,37,40). The van der Waals surface area contributed by atoms with Gasteiger partial charge in [0.25, 0.3) is 5.91 Å². The van der Waals surface area contributed by atoms with Crippen molar-refractivity contribution in [1.29, 1.82) is 0 Å². The number of thioether (sulfide) groups is 1. The molecule has 46 heavy (non-hydrogen) atoms. The lowest BCUT2D eigenvalue weighted by atomic mass is 10.0. The molecule has 0 bridgehead atoms. The molecule has 1 atom stereocenters. The van der Waals surface area contributed by atoms with Crippen LogP contribution in [-0.4, -0.2) is 68.0 Å². The molecule has 0 spiro atoms. The predicted octanol–water partition coefficient (Wildman–Crippen LogP) is 5.64. The summed E-state index contributed by atoms with van der Waals surface area (Å²) in [4.78, 5) is 39.0. The van der Waals surface area contributed by atoms with Crippen molar-refractivity contribution in [2.75, 3.05) is 46.6 Å². The van der Waals surface area contributed by atoms with E-state index in [1.807, 2.05) is 44.2 Å². The van der Waals surface area contributed by atoms with Gasteiger partial charge in [-0.1, -0.05) is 23.9 Å². The summed E-state index contributed by atoms with van der Waals surface area (Å²) in [5, 5.41) is 3.45. The van der Waals surface area contributed by atoms with Gasteiger partial charge in [0.15, 0.2) is 16.7 Å². The fourth-order valence-corrected chi connectivity index (χ4v) is 5.67. The highest BCUT2D eigenvalue weighted by molar-refractivity contribution is 7.99. The maximum atomic E-state index is 14.3. The van der Waals surface area contributed by atoms with Gasteiger partial charge in [-0.2, -0.15) is 0 Å². The fourth-order valence-electron chi connectivity index (χ4n) is 4.84. The summed E-state index contributed by atoms with van der Waals surface area (Å²) in [6, 6.07) is 18.4. The number of aromatic nitrogens is 2. The topological polar surface area (TPSA) is 121 Å². The van der Waals surface area contributed by atoms with Crippen molar-refractivity contribution >= 4 is 29.3 Å². The minimum absolute atomic E-state index is 0.0181. The second kappa shape index (κ2) is 15.8. The molecular weight excluding hydrogens is 608 g/mol. The van der Waals surface area contributed by atoms with E-state index in [2.05, 4.69) is 15.3 Å². The molecule has 0 aliphatic heterocycles. The van der Waals surface area contributed by atoms with Crippen molar-refractivity contribution < 1.29 is 33.3 Å². The molecule has 0 saturated carbocycles. The minimum Gasteiger partial charge on any atom is -0.497 e. The third-order valence-corrected chi connectivity index (χ3v) is 7.87. The molecule has 4 aromatic rings. The first kappa shape index (κ1) is 33.9. The first-order chi connectivity index (χ1) is 22.2. The minimum atomic E-state index is -1.12. The maximum Gasteiger partial charge on any atom is 0.251 e. The van der Waals surface area contributed by atoms with Crippen molar-refractivity contribution in [2.24, 2.45) is 0 Å². The molecular formula is C34H38N4O7S. The quantitative estimate of drug-likeness (QED) is 0.136. The number of carbonyl (C=O) groups excluding carboxylic acids is 2. The Bertz CT molecular complexity index is 1600. The lowest BCUT2D eigenvalue weighted by Gasteiger charge is -2.32. The van der Waals surface area contributed by atoms with Gasteiger partial charge >= 0.3 is 0 Å². The molecule has 1 heterocycles. The number of hydrogen-bond donors (Lipinski definition) is 1. The third-order valence-electron chi connectivity index (χ3n) is 7.04. The Morgan fingerprint density at radius 1 is 0.761 bits per heavy atom. The van der Waals surface area contributed by atoms with Gasteiger partial charge in [0.2, 0.25) is 11.7 Å². The second-order valence-corrected chi connectivity index (χ2v) is 11.1. The number of amides is 2. The van der Waals surface area contributed by atoms with Gasteiger partial charge in [0, 0.05) is 23.6 Å². The molecule has 1 aromatic heterocycles. The van der Waals surface area contributed by atoms with Crippen LogP contribution in [0.1, 0.15) is 28.6 Å². The molecule has 3 aromatic carbocycles. The average Bonchev–Trinajstić information content (AvgIpc) is 3.06. The highest BCUT2D eigenvalue weighted by Crippen LogP contribution is 2.41. The number of anilines is 1. The van der Waals surface area contributed by atoms with Crippen molar-refractivity contribution in [3.8, 4) is 28.7 Å². The number of aryl methyl sites for hydroxylation is 2. The van der Waals surface area contributed by atoms with Gasteiger partial charge in [-0.3, -0.25) is 9.59 Å². The summed E-state index contributed by atoms with van der Waals surface area (Å²) in [5.74, 6) is 1.57. The Hall–Kier alpha value is -4.97. The number of carbonyl (C=O) groups is 2. The maximum absolute atomic E-state index is 14.3. The number of nitrogens with one attached hydrogen (secondary N) is 1. The molecule has 242 valence electrons. The highest BCUT2D eigenvalue weighted by Gasteiger charge is 2.34. The SMILES string of the molecule is COc1ccc(CN(C(=O)CSc2nc(C)cc(C)n2)C(C(=O)Nc2ccc(OC)cc2)c2cc(OC)c(OC)c(OC)c2)cc1. The van der Waals surface area contributed by atoms with Gasteiger partial charge in [-0.15, -0.1) is 0 Å². The molecule has 2 amide bonds. The Labute approximate surface area is 273 Å². The van der Waals surface area contributed by atoms with Crippen molar-refractivity contribution in [3.63, 3.8) is 0 Å². The van der Waals surface area contributed by atoms with Crippen LogP contribution in [-0.2, 0) is 16.1 Å². The van der Waals surface area contributed by atoms with Crippen LogP contribution in [0, 0.1) is 13.8 Å². The zero-order chi connectivity index (χ0) is 33.2. The molecule has 0 fully saturated rings. The van der Waals surface area contributed by atoms with Gasteiger partial charge in [0.05, 0.1) is 41.3 Å². The molecule has 0 aliphatic rings. The van der Waals surface area contributed by atoms with Gasteiger partial charge in [-0.05, 0) is 79.6 Å². The number of nitrogens with zero attached hydrogens (tertiary/aromatic N) is 3. The van der Waals surface area contributed by atoms with Crippen molar-refractivity contribution in [3.05, 3.63) is 89.2 Å². The number of hydrogen-bond acceptors (Lipinski definition) is 10. The molecule has 0 aliphatic carbocycles. The smallest absolute Gasteiger partial charge is 0.251 e. The van der Waals surface area contributed by atoms with Gasteiger partial charge in [-0.25, -0.2) is 9.97 Å². The largest absolute Gasteiger partial charge is 0.497 e. The van der Waals surface area contributed by atoms with E-state index in [1.54, 1.807) is 50.6 Å². The summed E-state index contributed by atoms with van der Waals surface area (Å²) < 4.78 is 27.4. The molecule has 4 rings (SSSR count).